The Kier molecular flexibility index (Phi) is 9.38. The van der Waals surface area contributed by atoms with Crippen LogP contribution < -0.4 is 20.9 Å². The molecular formula is C47H43N5. The zero-order valence-electron chi connectivity index (χ0n) is 29.6. The van der Waals surface area contributed by atoms with Gasteiger partial charge in [-0.05, 0) is 84.6 Å². The minimum atomic E-state index is -0.131. The van der Waals surface area contributed by atoms with Crippen LogP contribution in [0.15, 0.2) is 188 Å². The fourth-order valence-corrected chi connectivity index (χ4v) is 7.48. The molecule has 1 aromatic heterocycles. The average Bonchev–Trinajstić information content (AvgIpc) is 3.53. The largest absolute Gasteiger partial charge is 0.310 e. The van der Waals surface area contributed by atoms with Crippen molar-refractivity contribution in [1.82, 2.24) is 20.5 Å². The summed E-state index contributed by atoms with van der Waals surface area (Å²) in [5.41, 5.74) is 11.5. The number of rotatable bonds is 9. The highest BCUT2D eigenvalue weighted by Gasteiger charge is 2.30. The molecule has 0 amide bonds. The highest BCUT2D eigenvalue weighted by molar-refractivity contribution is 6.10. The molecule has 1 fully saturated rings. The quantitative estimate of drug-likeness (QED) is 0.133. The summed E-state index contributed by atoms with van der Waals surface area (Å²) in [4.78, 5) is 2.36. The van der Waals surface area contributed by atoms with Crippen LogP contribution in [-0.2, 0) is 0 Å². The topological polar surface area (TPSA) is 44.3 Å². The van der Waals surface area contributed by atoms with Crippen molar-refractivity contribution >= 4 is 38.9 Å². The summed E-state index contributed by atoms with van der Waals surface area (Å²) >= 11 is 0. The highest BCUT2D eigenvalue weighted by Crippen LogP contribution is 2.40. The summed E-state index contributed by atoms with van der Waals surface area (Å²) in [6, 6.07) is 54.3. The van der Waals surface area contributed by atoms with Gasteiger partial charge in [-0.1, -0.05) is 134 Å². The van der Waals surface area contributed by atoms with Crippen LogP contribution in [0, 0.1) is 6.92 Å². The molecule has 1 saturated heterocycles. The molecule has 6 aromatic carbocycles. The Morgan fingerprint density at radius 3 is 2.08 bits per heavy atom. The van der Waals surface area contributed by atoms with Crippen molar-refractivity contribution in [3.05, 3.63) is 205 Å². The number of benzene rings is 6. The normalized spacial score (nSPS) is 17.9. The lowest BCUT2D eigenvalue weighted by Crippen LogP contribution is -2.59. The predicted molar refractivity (Wildman–Crippen MR) is 218 cm³/mol. The molecule has 7 aromatic rings. The van der Waals surface area contributed by atoms with Gasteiger partial charge in [0.15, 0.2) is 0 Å². The van der Waals surface area contributed by atoms with E-state index in [1.807, 2.05) is 13.0 Å². The maximum atomic E-state index is 3.99. The molecule has 0 aliphatic carbocycles. The molecule has 0 radical (unpaired) electrons. The molecule has 8 rings (SSSR count). The Hall–Kier alpha value is -5.98. The monoisotopic (exact) mass is 677 g/mol. The van der Waals surface area contributed by atoms with Gasteiger partial charge in [-0.15, -0.1) is 0 Å². The Bertz CT molecular complexity index is 2410. The number of para-hydroxylation sites is 3. The van der Waals surface area contributed by atoms with E-state index >= 15 is 0 Å². The minimum Gasteiger partial charge on any atom is -0.310 e. The average molecular weight is 678 g/mol. The fourth-order valence-electron chi connectivity index (χ4n) is 7.48. The molecule has 3 N–H and O–H groups in total. The van der Waals surface area contributed by atoms with Crippen LogP contribution in [-0.4, -0.2) is 10.7 Å². The molecule has 5 nitrogen and oxygen atoms in total. The number of nitrogens with zero attached hydrogens (tertiary/aromatic N) is 2. The van der Waals surface area contributed by atoms with Gasteiger partial charge in [0.2, 0.25) is 0 Å². The Morgan fingerprint density at radius 1 is 0.635 bits per heavy atom. The van der Waals surface area contributed by atoms with Gasteiger partial charge < -0.3 is 9.47 Å². The van der Waals surface area contributed by atoms with E-state index < -0.39 is 0 Å². The van der Waals surface area contributed by atoms with Gasteiger partial charge in [0.05, 0.1) is 29.5 Å². The Labute approximate surface area is 306 Å². The van der Waals surface area contributed by atoms with Crippen molar-refractivity contribution in [3.8, 4) is 5.69 Å². The third-order valence-electron chi connectivity index (χ3n) is 9.88. The lowest BCUT2D eigenvalue weighted by atomic mass is 10.0. The molecule has 3 atom stereocenters. The second-order valence-corrected chi connectivity index (χ2v) is 13.2. The number of aryl methyl sites for hydroxylation is 1. The van der Waals surface area contributed by atoms with Gasteiger partial charge in [0.1, 0.15) is 0 Å². The van der Waals surface area contributed by atoms with E-state index in [4.69, 9.17) is 0 Å². The molecule has 2 heterocycles. The van der Waals surface area contributed by atoms with E-state index in [1.54, 1.807) is 0 Å². The molecule has 5 heteroatoms. The van der Waals surface area contributed by atoms with Gasteiger partial charge in [-0.25, -0.2) is 0 Å². The first kappa shape index (κ1) is 33.2. The van der Waals surface area contributed by atoms with Gasteiger partial charge in [0, 0.05) is 33.5 Å². The maximum Gasteiger partial charge on any atom is 0.0865 e. The molecule has 0 bridgehead atoms. The summed E-state index contributed by atoms with van der Waals surface area (Å²) in [5.74, 6) is 0. The molecule has 256 valence electrons. The number of fused-ring (bicyclic) bond motifs is 3. The molecule has 0 spiro atoms. The number of nitrogens with one attached hydrogen (secondary N) is 3. The first-order valence-corrected chi connectivity index (χ1v) is 18.0. The number of hydrogen-bond donors (Lipinski definition) is 3. The first-order valence-electron chi connectivity index (χ1n) is 18.0. The van der Waals surface area contributed by atoms with Crippen LogP contribution in [0.25, 0.3) is 27.5 Å². The smallest absolute Gasteiger partial charge is 0.0865 e. The predicted octanol–water partition coefficient (Wildman–Crippen LogP) is 11.1. The van der Waals surface area contributed by atoms with Gasteiger partial charge in [-0.2, -0.15) is 0 Å². The van der Waals surface area contributed by atoms with Crippen molar-refractivity contribution in [2.24, 2.45) is 0 Å². The van der Waals surface area contributed by atoms with Crippen LogP contribution in [0.3, 0.4) is 0 Å². The molecule has 1 aliphatic rings. The Morgan fingerprint density at radius 2 is 1.31 bits per heavy atom. The second kappa shape index (κ2) is 14.7. The summed E-state index contributed by atoms with van der Waals surface area (Å²) in [6.07, 6.45) is 7.82. The lowest BCUT2D eigenvalue weighted by molar-refractivity contribution is 0.224. The molecule has 52 heavy (non-hydrogen) atoms. The third-order valence-corrected chi connectivity index (χ3v) is 9.88. The standard InChI is InChI=1S/C47H43N5/c1-4-17-34(18-5-2)45-48-46(35-20-8-6-9-21-35)50-47(49-45)36-22-16-25-38(31-36)52-43-28-15-13-26-40(43)41-30-29-39(32-44(41)52)51(37-23-10-7-11-24-37)42-27-14-12-19-33(42)3/h4-32,45-50H,1H2,2-3H3/b18-5-,34-17+. The van der Waals surface area contributed by atoms with E-state index in [0.29, 0.717) is 0 Å². The third kappa shape index (κ3) is 6.38. The van der Waals surface area contributed by atoms with Crippen LogP contribution in [0.2, 0.25) is 0 Å². The van der Waals surface area contributed by atoms with E-state index in [2.05, 4.69) is 209 Å². The van der Waals surface area contributed by atoms with Crippen molar-refractivity contribution in [1.29, 1.82) is 0 Å². The molecule has 0 saturated carbocycles. The van der Waals surface area contributed by atoms with E-state index in [0.717, 1.165) is 39.4 Å². The number of allylic oxidation sites excluding steroid dienone is 3. The summed E-state index contributed by atoms with van der Waals surface area (Å²) < 4.78 is 2.41. The van der Waals surface area contributed by atoms with Crippen LogP contribution in [0.5, 0.6) is 0 Å². The molecular weight excluding hydrogens is 635 g/mol. The lowest BCUT2D eigenvalue weighted by Gasteiger charge is -2.40. The van der Waals surface area contributed by atoms with Gasteiger partial charge in [-0.3, -0.25) is 16.0 Å². The van der Waals surface area contributed by atoms with Crippen molar-refractivity contribution in [3.63, 3.8) is 0 Å². The van der Waals surface area contributed by atoms with Gasteiger partial charge >= 0.3 is 0 Å². The summed E-state index contributed by atoms with van der Waals surface area (Å²) in [5, 5.41) is 13.9. The van der Waals surface area contributed by atoms with Crippen LogP contribution in [0.1, 0.15) is 35.9 Å². The first-order chi connectivity index (χ1) is 25.6. The van der Waals surface area contributed by atoms with Crippen molar-refractivity contribution in [2.45, 2.75) is 32.3 Å². The van der Waals surface area contributed by atoms with E-state index in [1.165, 1.54) is 27.4 Å². The Balaban J connectivity index is 1.26. The molecule has 1 aliphatic heterocycles. The van der Waals surface area contributed by atoms with Crippen LogP contribution >= 0.6 is 0 Å². The molecule has 3 unspecified atom stereocenters. The number of aromatic nitrogens is 1. The SMILES string of the molecule is C=C/C=C(\C=C/C)C1NC(c2ccccc2)NC(c2cccc(-n3c4ccccc4c4ccc(N(c5ccccc5)c5ccccc5C)cc43)c2)N1. The van der Waals surface area contributed by atoms with Crippen molar-refractivity contribution < 1.29 is 0 Å². The zero-order chi connectivity index (χ0) is 35.4. The highest BCUT2D eigenvalue weighted by atomic mass is 15.4. The van der Waals surface area contributed by atoms with Gasteiger partial charge in [0.25, 0.3) is 0 Å². The zero-order valence-corrected chi connectivity index (χ0v) is 29.6. The fraction of sp³-hybridized carbons (Fsp3) is 0.106. The van der Waals surface area contributed by atoms with E-state index in [9.17, 15) is 0 Å². The van der Waals surface area contributed by atoms with Crippen molar-refractivity contribution in [2.75, 3.05) is 4.90 Å². The second-order valence-electron chi connectivity index (χ2n) is 13.2. The minimum absolute atomic E-state index is 0.0687. The number of anilines is 3. The van der Waals surface area contributed by atoms with Crippen LogP contribution in [0.4, 0.5) is 17.1 Å². The number of hydrogen-bond acceptors (Lipinski definition) is 4. The maximum absolute atomic E-state index is 3.99. The summed E-state index contributed by atoms with van der Waals surface area (Å²) in [7, 11) is 0. The summed E-state index contributed by atoms with van der Waals surface area (Å²) in [6.45, 7) is 8.21. The van der Waals surface area contributed by atoms with E-state index in [-0.39, 0.29) is 18.5 Å².